The zero-order valence-electron chi connectivity index (χ0n) is 57.7. The summed E-state index contributed by atoms with van der Waals surface area (Å²) in [6, 6.07) is 20.3. The minimum absolute atomic E-state index is 0.0165. The summed E-state index contributed by atoms with van der Waals surface area (Å²) >= 11 is 13.4. The van der Waals surface area contributed by atoms with Gasteiger partial charge >= 0.3 is 24.2 Å². The predicted molar refractivity (Wildman–Crippen MR) is 378 cm³/mol. The van der Waals surface area contributed by atoms with Gasteiger partial charge in [0, 0.05) is 111 Å². The standard InChI is InChI=1S/C72H87Cl2N11O18/c1-37(2)55(81-61(91)47(78-38(3)86)17-10-11-23-75)62(92)80-48(18-12-24-77-67(76)97)60(90)79-42-21-19-39(20-22-42)33-100-68(98)82(4)25-26-83(5)69(99)102-52-28-50-54(46-16-9-7-14-44(46)52)41(30-74)32-85(50)66(96)71-34-70(35-72(70,71)36-71)65(95)84-31-40(29-73)53-45-15-8-6-13-43(45)51(27-49(53)84)101-64-58(89)56(87)57(88)59(103-64)63(93)94/h6-9,13-16,19-22,27-28,37,40-41,47-48,55-59,64,87-89H,10-12,17-18,23-26,29-36,75H2,1-5H3,(H,78,86)(H,79,90)(H,80,92)(H,81,91)(H,93,94)(H3,76,77,97)/t40?,41?,47-,48?,55?,56?,57?,58?,59?,64?,70?,71?,72?/m0/s1. The second-order valence-electron chi connectivity index (χ2n) is 28.1. The maximum absolute atomic E-state index is 15.3. The molecule has 3 heterocycles. The molecule has 3 aliphatic carbocycles. The average molecular weight is 1470 g/mol. The van der Waals surface area contributed by atoms with Gasteiger partial charge in [0.15, 0.2) is 6.10 Å². The van der Waals surface area contributed by atoms with Crippen LogP contribution in [0, 0.1) is 22.2 Å². The third kappa shape index (κ3) is 14.7. The number of unbranched alkanes of at least 4 members (excludes halogenated alkanes) is 1. The van der Waals surface area contributed by atoms with Crippen molar-refractivity contribution in [3.05, 3.63) is 102 Å². The third-order valence-corrected chi connectivity index (χ3v) is 21.8. The van der Waals surface area contributed by atoms with Crippen LogP contribution in [-0.2, 0) is 49.6 Å². The van der Waals surface area contributed by atoms with Crippen LogP contribution < -0.4 is 57.3 Å². The van der Waals surface area contributed by atoms with Crippen LogP contribution in [0.1, 0.15) is 101 Å². The van der Waals surface area contributed by atoms with Crippen molar-refractivity contribution in [2.24, 2.45) is 33.6 Å². The summed E-state index contributed by atoms with van der Waals surface area (Å²) in [6.07, 6.45) is -7.77. The highest BCUT2D eigenvalue weighted by Crippen LogP contribution is 3.01. The molecule has 1 saturated heterocycles. The normalized spacial score (nSPS) is 24.7. The summed E-state index contributed by atoms with van der Waals surface area (Å²) in [7, 11) is 3.02. The number of nitrogens with one attached hydrogen (secondary N) is 5. The van der Waals surface area contributed by atoms with Gasteiger partial charge in [-0.25, -0.2) is 19.2 Å². The molecule has 11 rings (SSSR count). The minimum atomic E-state index is -1.94. The van der Waals surface area contributed by atoms with E-state index in [1.807, 2.05) is 36.4 Å². The smallest absolute Gasteiger partial charge is 0.415 e. The van der Waals surface area contributed by atoms with Gasteiger partial charge < -0.3 is 97.0 Å². The maximum Gasteiger partial charge on any atom is 0.415 e. The Morgan fingerprint density at radius 1 is 0.670 bits per heavy atom. The number of rotatable bonds is 29. The van der Waals surface area contributed by atoms with E-state index in [2.05, 4.69) is 26.6 Å². The number of hydrogen-bond donors (Lipinski definition) is 11. The number of anilines is 3. The highest BCUT2D eigenvalue weighted by molar-refractivity contribution is 6.20. The quantitative estimate of drug-likeness (QED) is 0.0226. The number of likely N-dealkylation sites (N-methyl/N-ethyl adjacent to an activating group) is 2. The molecule has 5 aromatic carbocycles. The van der Waals surface area contributed by atoms with Crippen molar-refractivity contribution in [1.29, 1.82) is 0 Å². The Kier molecular flexibility index (Phi) is 22.4. The van der Waals surface area contributed by atoms with Gasteiger partial charge in [0.05, 0.1) is 22.2 Å². The van der Waals surface area contributed by atoms with E-state index < -0.39 is 119 Å². The van der Waals surface area contributed by atoms with Crippen LogP contribution in [0.4, 0.5) is 31.4 Å². The fourth-order valence-electron chi connectivity index (χ4n) is 15.5. The summed E-state index contributed by atoms with van der Waals surface area (Å²) in [5.74, 6) is -4.55. The predicted octanol–water partition coefficient (Wildman–Crippen LogP) is 4.82. The second-order valence-corrected chi connectivity index (χ2v) is 28.7. The molecular weight excluding hydrogens is 1380 g/mol. The summed E-state index contributed by atoms with van der Waals surface area (Å²) in [4.78, 5) is 140. The molecule has 5 aromatic rings. The van der Waals surface area contributed by atoms with Crippen molar-refractivity contribution in [3.63, 3.8) is 0 Å². The number of aliphatic hydroxyl groups excluding tert-OH is 3. The first kappa shape index (κ1) is 75.1. The van der Waals surface area contributed by atoms with Crippen LogP contribution >= 0.6 is 23.2 Å². The van der Waals surface area contributed by atoms with Gasteiger partial charge in [-0.1, -0.05) is 74.5 Å². The lowest BCUT2D eigenvalue weighted by atomic mass is 9.72. The summed E-state index contributed by atoms with van der Waals surface area (Å²) in [5.41, 5.74) is 12.1. The molecule has 13 atom stereocenters. The largest absolute Gasteiger partial charge is 0.479 e. The lowest BCUT2D eigenvalue weighted by Gasteiger charge is -2.39. The summed E-state index contributed by atoms with van der Waals surface area (Å²) < 4.78 is 23.4. The summed E-state index contributed by atoms with van der Waals surface area (Å²) in [5, 5.41) is 57.6. The number of nitrogens with two attached hydrogens (primary N) is 2. The first-order chi connectivity index (χ1) is 49.1. The number of carbonyl (C=O) groups excluding carboxylic acids is 9. The molecule has 3 aliphatic heterocycles. The van der Waals surface area contributed by atoms with Crippen molar-refractivity contribution < 1.29 is 87.3 Å². The first-order valence-electron chi connectivity index (χ1n) is 34.4. The fourth-order valence-corrected chi connectivity index (χ4v) is 16.0. The van der Waals surface area contributed by atoms with E-state index in [1.165, 1.54) is 30.8 Å². The number of carboxylic acids is 1. The number of nitrogens with zero attached hydrogens (tertiary/aromatic N) is 4. The number of primary amides is 1. The molecule has 1 spiro atoms. The Hall–Kier alpha value is -9.10. The van der Waals surface area contributed by atoms with E-state index >= 15 is 9.59 Å². The van der Waals surface area contributed by atoms with Crippen molar-refractivity contribution in [3.8, 4) is 11.5 Å². The van der Waals surface area contributed by atoms with Crippen LogP contribution in [0.2, 0.25) is 0 Å². The zero-order valence-corrected chi connectivity index (χ0v) is 59.2. The molecule has 552 valence electrons. The number of aliphatic hydroxyl groups is 3. The number of ether oxygens (including phenoxy) is 4. The van der Waals surface area contributed by atoms with Gasteiger partial charge in [-0.05, 0) is 103 Å². The lowest BCUT2D eigenvalue weighted by Crippen LogP contribution is -2.61. The molecule has 6 aliphatic rings. The van der Waals surface area contributed by atoms with Crippen molar-refractivity contribution >= 4 is 121 Å². The van der Waals surface area contributed by atoms with Crippen LogP contribution in [0.3, 0.4) is 0 Å². The monoisotopic (exact) mass is 1460 g/mol. The first-order valence-corrected chi connectivity index (χ1v) is 35.5. The highest BCUT2D eigenvalue weighted by atomic mass is 35.5. The highest BCUT2D eigenvalue weighted by Gasteiger charge is 3.01. The average Bonchev–Trinajstić information content (AvgIpc) is 1.40. The number of hydrogen-bond acceptors (Lipinski definition) is 18. The molecule has 0 bridgehead atoms. The minimum Gasteiger partial charge on any atom is -0.479 e. The zero-order chi connectivity index (χ0) is 74.1. The second kappa shape index (κ2) is 30.7. The molecule has 29 nitrogen and oxygen atoms in total. The van der Waals surface area contributed by atoms with Crippen molar-refractivity contribution in [2.45, 2.75) is 139 Å². The number of fused-ring (bicyclic) bond motifs is 6. The molecule has 0 aromatic heterocycles. The number of urea groups is 1. The third-order valence-electron chi connectivity index (χ3n) is 21.1. The van der Waals surface area contributed by atoms with Gasteiger partial charge in [-0.2, -0.15) is 0 Å². The van der Waals surface area contributed by atoms with Crippen LogP contribution in [0.25, 0.3) is 21.5 Å². The maximum atomic E-state index is 15.3. The number of carboxylic acid groups (broad SMARTS) is 1. The number of benzene rings is 5. The number of halogens is 2. The molecule has 0 radical (unpaired) electrons. The Bertz CT molecular complexity index is 4150. The summed E-state index contributed by atoms with van der Waals surface area (Å²) in [6.45, 7) is 5.58. The molecule has 31 heteroatoms. The number of alkyl halides is 2. The van der Waals surface area contributed by atoms with Gasteiger partial charge in [-0.15, -0.1) is 23.2 Å². The molecule has 12 unspecified atom stereocenters. The number of amides is 10. The van der Waals surface area contributed by atoms with E-state index in [0.717, 1.165) is 16.5 Å². The Morgan fingerprint density at radius 3 is 1.75 bits per heavy atom. The van der Waals surface area contributed by atoms with Gasteiger partial charge in [-0.3, -0.25) is 28.8 Å². The van der Waals surface area contributed by atoms with E-state index in [9.17, 15) is 58.8 Å². The molecular formula is C72H87Cl2N11O18. The number of aliphatic carboxylic acids is 1. The molecule has 10 amide bonds. The molecule has 103 heavy (non-hydrogen) atoms. The van der Waals surface area contributed by atoms with Crippen molar-refractivity contribution in [2.75, 3.05) is 80.2 Å². The Morgan fingerprint density at radius 2 is 1.21 bits per heavy atom. The Balaban J connectivity index is 0.701. The van der Waals surface area contributed by atoms with E-state index in [4.69, 9.17) is 53.6 Å². The van der Waals surface area contributed by atoms with Crippen LogP contribution in [0.15, 0.2) is 84.9 Å². The Labute approximate surface area is 603 Å². The van der Waals surface area contributed by atoms with Gasteiger partial charge in [0.25, 0.3) is 0 Å². The molecule has 13 N–H and O–H groups in total. The topological polar surface area (TPSA) is 414 Å². The SMILES string of the molecule is CC(=O)N[C@@H](CCCCN)C(=O)NC(C(=O)NC(CCCNC(N)=O)C(=O)Nc1ccc(COC(=O)N(C)CCN(C)C(=O)Oc2cc3c(c4ccccc24)C(CCl)CN3C(=O)C23CC4(C(=O)N5CC(CCl)c6c5cc(OC5OC(C(=O)O)C(O)C(O)C5O)c5ccccc65)CC24C3)cc1)C(C)C. The van der Waals surface area contributed by atoms with Gasteiger partial charge in [0.1, 0.15) is 54.5 Å². The van der Waals surface area contributed by atoms with Crippen LogP contribution in [-0.4, -0.2) is 204 Å². The van der Waals surface area contributed by atoms with E-state index in [0.29, 0.717) is 77.4 Å². The molecule has 4 fully saturated rings. The van der Waals surface area contributed by atoms with Crippen molar-refractivity contribution in [1.82, 2.24) is 31.1 Å². The lowest BCUT2D eigenvalue weighted by molar-refractivity contribution is -0.270. The van der Waals surface area contributed by atoms with Crippen LogP contribution in [0.5, 0.6) is 11.5 Å². The van der Waals surface area contributed by atoms with E-state index in [-0.39, 0.29) is 106 Å². The number of carbonyl (C=O) groups is 10. The molecule has 3 saturated carbocycles. The van der Waals surface area contributed by atoms with Gasteiger partial charge in [0.2, 0.25) is 41.7 Å². The van der Waals surface area contributed by atoms with E-state index in [1.54, 1.807) is 72.2 Å². The fraction of sp³-hybridized carbons (Fsp3) is 0.500.